The first kappa shape index (κ1) is 32.6. The maximum atomic E-state index is 13.4. The Morgan fingerprint density at radius 1 is 0.775 bits per heavy atom. The molecule has 212 valence electrons. The number of hydrogen-bond donors (Lipinski definition) is 1. The van der Waals surface area contributed by atoms with E-state index in [1.54, 1.807) is 12.1 Å². The first-order valence-corrected chi connectivity index (χ1v) is 11.7. The summed E-state index contributed by atoms with van der Waals surface area (Å²) in [5.74, 6) is -2.75. The number of alkyl halides is 2. The topological polar surface area (TPSA) is 81.6 Å². The molecule has 0 saturated carbocycles. The summed E-state index contributed by atoms with van der Waals surface area (Å²) < 4.78 is 45.5. The third-order valence-electron chi connectivity index (χ3n) is 6.02. The number of hydrogen-bond acceptors (Lipinski definition) is 6. The van der Waals surface area contributed by atoms with Gasteiger partial charge in [0.25, 0.3) is 0 Å². The highest BCUT2D eigenvalue weighted by Gasteiger charge is 2.42. The van der Waals surface area contributed by atoms with Crippen LogP contribution < -0.4 is 53.2 Å². The van der Waals surface area contributed by atoms with Crippen molar-refractivity contribution in [1.82, 2.24) is 5.32 Å². The van der Waals surface area contributed by atoms with Crippen LogP contribution in [-0.4, -0.2) is 32.8 Å². The van der Waals surface area contributed by atoms with Gasteiger partial charge in [0.1, 0.15) is 5.75 Å². The molecule has 0 atom stereocenters. The molecule has 0 spiro atoms. The highest BCUT2D eigenvalue weighted by atomic mass is 79.9. The predicted molar refractivity (Wildman–Crippen MR) is 130 cm³/mol. The Hall–Kier alpha value is -3.64. The van der Waals surface area contributed by atoms with Gasteiger partial charge in [0.05, 0.1) is 42.7 Å². The molecule has 0 fully saturated rings. The molecule has 3 heterocycles. The lowest BCUT2D eigenvalue weighted by Gasteiger charge is -2.31. The number of aromatic nitrogens is 2. The van der Waals surface area contributed by atoms with Crippen LogP contribution in [0.5, 0.6) is 5.75 Å². The summed E-state index contributed by atoms with van der Waals surface area (Å²) in [6.07, 6.45) is 7.27. The summed E-state index contributed by atoms with van der Waals surface area (Å²) in [6.45, 7) is -2.71. The van der Waals surface area contributed by atoms with E-state index < -0.39 is 24.5 Å². The molecular weight excluding hydrogens is 656 g/mol. The monoisotopic (exact) mass is 681 g/mol. The normalized spacial score (nSPS) is 13.1. The van der Waals surface area contributed by atoms with Gasteiger partial charge in [0.2, 0.25) is 0 Å². The number of carbonyl (C=O) groups is 2. The molecule has 3 aromatic rings. The van der Waals surface area contributed by atoms with Crippen molar-refractivity contribution >= 4 is 11.9 Å². The molecule has 1 aliphatic heterocycles. The van der Waals surface area contributed by atoms with E-state index in [0.29, 0.717) is 11.4 Å². The second kappa shape index (κ2) is 15.2. The van der Waals surface area contributed by atoms with E-state index >= 15 is 0 Å². The third-order valence-corrected chi connectivity index (χ3v) is 6.02. The fourth-order valence-electron chi connectivity index (χ4n) is 4.44. The molecule has 40 heavy (non-hydrogen) atoms. The molecule has 2 aromatic heterocycles. The first-order valence-electron chi connectivity index (χ1n) is 11.7. The molecule has 0 aliphatic carbocycles. The second-order valence-electron chi connectivity index (χ2n) is 8.34. The minimum atomic E-state index is -3.12. The van der Waals surface area contributed by atoms with Gasteiger partial charge < -0.3 is 53.5 Å². The van der Waals surface area contributed by atoms with Crippen LogP contribution in [0.3, 0.4) is 0 Å². The van der Waals surface area contributed by atoms with Crippen LogP contribution in [-0.2, 0) is 32.2 Å². The Labute approximate surface area is 251 Å². The second-order valence-corrected chi connectivity index (χ2v) is 8.34. The molecule has 1 N–H and O–H groups in total. The number of dihydropyridines is 1. The summed E-state index contributed by atoms with van der Waals surface area (Å²) >= 11 is 0. The number of halogens is 4. The number of rotatable bonds is 9. The molecule has 0 unspecified atom stereocenters. The van der Waals surface area contributed by atoms with Crippen LogP contribution in [0.15, 0.2) is 108 Å². The van der Waals surface area contributed by atoms with E-state index in [0.717, 1.165) is 0 Å². The molecule has 0 saturated heterocycles. The van der Waals surface area contributed by atoms with Gasteiger partial charge in [0, 0.05) is 29.8 Å². The van der Waals surface area contributed by atoms with E-state index in [1.165, 1.54) is 26.4 Å². The van der Waals surface area contributed by atoms with Gasteiger partial charge in [-0.2, -0.15) is 17.9 Å². The number of carbonyl (C=O) groups excluding carboxylic acids is 2. The Balaban J connectivity index is 0.00000280. The molecule has 8 nitrogen and oxygen atoms in total. The number of allylic oxidation sites excluding steroid dienone is 2. The van der Waals surface area contributed by atoms with Crippen LogP contribution in [0.25, 0.3) is 0 Å². The molecule has 4 rings (SSSR count). The van der Waals surface area contributed by atoms with Crippen molar-refractivity contribution in [2.45, 2.75) is 25.6 Å². The van der Waals surface area contributed by atoms with Gasteiger partial charge in [-0.15, -0.1) is 0 Å². The van der Waals surface area contributed by atoms with Gasteiger partial charge >= 0.3 is 18.6 Å². The van der Waals surface area contributed by atoms with Crippen molar-refractivity contribution < 1.29 is 75.7 Å². The van der Waals surface area contributed by atoms with E-state index in [1.807, 2.05) is 70.3 Å². The number of benzene rings is 1. The van der Waals surface area contributed by atoms with Crippen LogP contribution in [0.1, 0.15) is 11.5 Å². The van der Waals surface area contributed by atoms with E-state index in [-0.39, 0.29) is 69.5 Å². The van der Waals surface area contributed by atoms with E-state index in [4.69, 9.17) is 14.2 Å². The molecule has 1 aromatic carbocycles. The number of nitrogens with one attached hydrogen (secondary N) is 1. The maximum Gasteiger partial charge on any atom is 0.387 e. The zero-order chi connectivity index (χ0) is 27.1. The molecular formula is C28H27Br2F2N3O5. The lowest BCUT2D eigenvalue weighted by atomic mass is 9.79. The van der Waals surface area contributed by atoms with Gasteiger partial charge in [-0.1, -0.05) is 30.3 Å². The minimum absolute atomic E-state index is 0. The highest BCUT2D eigenvalue weighted by Crippen LogP contribution is 2.43. The number of esters is 2. The van der Waals surface area contributed by atoms with Gasteiger partial charge in [-0.25, -0.2) is 9.59 Å². The van der Waals surface area contributed by atoms with Gasteiger partial charge in [0.15, 0.2) is 37.9 Å². The number of pyridine rings is 2. The quantitative estimate of drug-likeness (QED) is 0.190. The molecule has 0 radical (unpaired) electrons. The van der Waals surface area contributed by atoms with Crippen LogP contribution in [0.2, 0.25) is 0 Å². The number of methoxy groups -OCH3 is 2. The Bertz CT molecular complexity index is 1300. The lowest BCUT2D eigenvalue weighted by Crippen LogP contribution is -3.00. The van der Waals surface area contributed by atoms with Crippen LogP contribution in [0, 0.1) is 0 Å². The summed E-state index contributed by atoms with van der Waals surface area (Å²) in [7, 11) is 2.44. The molecule has 12 heteroatoms. The zero-order valence-corrected chi connectivity index (χ0v) is 24.8. The Morgan fingerprint density at radius 3 is 1.65 bits per heavy atom. The standard InChI is InChI=1S/C28H26F2N3O5.2BrH/c1-36-26(34)24-20(17-32-13-7-3-8-14-32)31-21(18-33-15-9-4-10-16-33)25(27(35)37-2)23(24)19-11-5-6-12-22(19)38-28(29)30;;/h3-16,23,28H,17-18H2,1-2H3;2*1H/q+1;;/p-1. The molecule has 0 bridgehead atoms. The Morgan fingerprint density at radius 2 is 1.23 bits per heavy atom. The predicted octanol–water partition coefficient (Wildman–Crippen LogP) is -3.19. The van der Waals surface area contributed by atoms with Gasteiger partial charge in [-0.3, -0.25) is 0 Å². The smallest absolute Gasteiger partial charge is 0.387 e. The fraction of sp³-hybridized carbons (Fsp3) is 0.214. The van der Waals surface area contributed by atoms with Crippen molar-refractivity contribution in [3.63, 3.8) is 0 Å². The van der Waals surface area contributed by atoms with Crippen LogP contribution >= 0.6 is 0 Å². The number of ether oxygens (including phenoxy) is 3. The third kappa shape index (κ3) is 7.51. The average Bonchev–Trinajstić information content (AvgIpc) is 2.93. The first-order chi connectivity index (χ1) is 18.4. The number of nitrogens with zero attached hydrogens (tertiary/aromatic N) is 2. The average molecular weight is 683 g/mol. The summed E-state index contributed by atoms with van der Waals surface area (Å²) in [5, 5.41) is 3.27. The van der Waals surface area contributed by atoms with Crippen molar-refractivity contribution in [1.29, 1.82) is 0 Å². The van der Waals surface area contributed by atoms with E-state index in [9.17, 15) is 18.4 Å². The highest BCUT2D eigenvalue weighted by molar-refractivity contribution is 6.00. The van der Waals surface area contributed by atoms with Gasteiger partial charge in [-0.05, 0) is 6.07 Å². The summed E-state index contributed by atoms with van der Waals surface area (Å²) in [6, 6.07) is 17.1. The molecule has 0 amide bonds. The van der Waals surface area contributed by atoms with Crippen molar-refractivity contribution in [2.75, 3.05) is 14.2 Å². The van der Waals surface area contributed by atoms with Crippen molar-refractivity contribution in [2.24, 2.45) is 0 Å². The number of para-hydroxylation sites is 1. The summed E-state index contributed by atoms with van der Waals surface area (Å²) in [4.78, 5) is 26.6. The SMILES string of the molecule is COC(=O)C1=C(C[n+]2ccccc2)NC(C[n+]2ccccc2)=C(C(=O)OC)C1c1ccccc1OC(F)F.[Br-].[Br-]. The minimum Gasteiger partial charge on any atom is -1.00 e. The van der Waals surface area contributed by atoms with Crippen LogP contribution in [0.4, 0.5) is 8.78 Å². The zero-order valence-electron chi connectivity index (χ0n) is 21.6. The largest absolute Gasteiger partial charge is 1.00 e. The molecule has 1 aliphatic rings. The van der Waals surface area contributed by atoms with E-state index in [2.05, 4.69) is 5.32 Å². The Kier molecular flexibility index (Phi) is 12.4. The lowest BCUT2D eigenvalue weighted by molar-refractivity contribution is -0.692. The van der Waals surface area contributed by atoms with Crippen molar-refractivity contribution in [3.8, 4) is 5.75 Å². The van der Waals surface area contributed by atoms with Crippen molar-refractivity contribution in [3.05, 3.63) is 114 Å². The summed E-state index contributed by atoms with van der Waals surface area (Å²) in [5.41, 5.74) is 1.22. The fourth-order valence-corrected chi connectivity index (χ4v) is 4.44. The maximum absolute atomic E-state index is 13.4.